The topological polar surface area (TPSA) is 91.0 Å². The van der Waals surface area contributed by atoms with Crippen LogP contribution in [0.15, 0.2) is 42.3 Å². The van der Waals surface area contributed by atoms with Crippen molar-refractivity contribution >= 4 is 50.6 Å². The van der Waals surface area contributed by atoms with Crippen LogP contribution >= 0.6 is 11.3 Å². The van der Waals surface area contributed by atoms with Crippen molar-refractivity contribution in [1.82, 2.24) is 15.3 Å². The molecule has 2 saturated carbocycles. The minimum Gasteiger partial charge on any atom is -0.380 e. The zero-order valence-corrected chi connectivity index (χ0v) is 21.2. The number of anilines is 4. The maximum absolute atomic E-state index is 14.8. The second-order valence-corrected chi connectivity index (χ2v) is 10.7. The Balaban J connectivity index is 1.26. The van der Waals surface area contributed by atoms with Gasteiger partial charge >= 0.3 is 0 Å². The van der Waals surface area contributed by atoms with Crippen LogP contribution in [-0.2, 0) is 4.79 Å². The fourth-order valence-corrected chi connectivity index (χ4v) is 5.94. The molecule has 2 heterocycles. The van der Waals surface area contributed by atoms with Crippen molar-refractivity contribution in [3.05, 3.63) is 48.1 Å². The molecule has 0 saturated heterocycles. The number of rotatable bonds is 8. The Morgan fingerprint density at radius 1 is 0.972 bits per heavy atom. The van der Waals surface area contributed by atoms with Gasteiger partial charge in [-0.05, 0) is 74.2 Å². The molecule has 0 aliphatic heterocycles. The summed E-state index contributed by atoms with van der Waals surface area (Å²) in [5.74, 6) is 0.822. The van der Waals surface area contributed by atoms with Crippen molar-refractivity contribution < 1.29 is 9.18 Å². The molecule has 0 atom stereocenters. The Labute approximate surface area is 215 Å². The van der Waals surface area contributed by atoms with Gasteiger partial charge in [0, 0.05) is 23.8 Å². The van der Waals surface area contributed by atoms with Gasteiger partial charge in [-0.25, -0.2) is 9.37 Å². The number of thiophene rings is 1. The van der Waals surface area contributed by atoms with Crippen molar-refractivity contribution in [1.29, 1.82) is 0 Å². The average Bonchev–Trinajstić information content (AvgIpc) is 3.36. The lowest BCUT2D eigenvalue weighted by atomic mass is 9.91. The summed E-state index contributed by atoms with van der Waals surface area (Å²) < 4.78 is 15.8. The summed E-state index contributed by atoms with van der Waals surface area (Å²) in [4.78, 5) is 21.0. The lowest BCUT2D eigenvalue weighted by Gasteiger charge is -2.29. The average molecular weight is 509 g/mol. The lowest BCUT2D eigenvalue weighted by molar-refractivity contribution is -0.117. The number of hydrogen-bond donors (Lipinski definition) is 4. The van der Waals surface area contributed by atoms with E-state index < -0.39 is 0 Å². The molecule has 2 aromatic heterocycles. The Morgan fingerprint density at radius 2 is 1.72 bits per heavy atom. The molecule has 4 N–H and O–H groups in total. The number of benzene rings is 1. The van der Waals surface area contributed by atoms with Crippen molar-refractivity contribution in [2.75, 3.05) is 16.0 Å². The summed E-state index contributed by atoms with van der Waals surface area (Å²) >= 11 is 1.60. The highest BCUT2D eigenvalue weighted by Crippen LogP contribution is 2.32. The lowest BCUT2D eigenvalue weighted by Crippen LogP contribution is -2.39. The standard InChI is InChI=1S/C27H33FN6OS/c1-2-24(35)30-18-8-10-19(11-9-18)31-26-25-23(14-15-36-25)33-27(34-26)32-20-12-13-22(21(28)16-20)29-17-6-4-3-5-7-17/h2,12-19,29H,1,3-11H2,(H,30,35)(H2,31,32,33,34)/t18-,19+. The van der Waals surface area contributed by atoms with Gasteiger partial charge < -0.3 is 21.3 Å². The van der Waals surface area contributed by atoms with Gasteiger partial charge in [0.2, 0.25) is 11.9 Å². The van der Waals surface area contributed by atoms with Gasteiger partial charge in [-0.3, -0.25) is 4.79 Å². The first-order valence-corrected chi connectivity index (χ1v) is 13.7. The third-order valence-corrected chi connectivity index (χ3v) is 8.00. The number of nitrogens with one attached hydrogen (secondary N) is 4. The van der Waals surface area contributed by atoms with Crippen molar-refractivity contribution in [2.45, 2.75) is 75.9 Å². The van der Waals surface area contributed by atoms with Crippen LogP contribution in [0.2, 0.25) is 0 Å². The summed E-state index contributed by atoms with van der Waals surface area (Å²) in [5.41, 5.74) is 2.01. The molecule has 190 valence electrons. The van der Waals surface area contributed by atoms with Gasteiger partial charge in [-0.1, -0.05) is 25.8 Å². The molecule has 3 aromatic rings. The number of nitrogens with zero attached hydrogens (tertiary/aromatic N) is 2. The zero-order chi connectivity index (χ0) is 24.9. The summed E-state index contributed by atoms with van der Waals surface area (Å²) in [6, 6.07) is 7.91. The van der Waals surface area contributed by atoms with E-state index in [1.165, 1.54) is 31.4 Å². The van der Waals surface area contributed by atoms with E-state index in [2.05, 4.69) is 32.8 Å². The SMILES string of the molecule is C=CC(=O)N[C@H]1CC[C@@H](Nc2nc(Nc3ccc(NC4CCCCC4)c(F)c3)nc3ccsc23)CC1. The number of hydrogen-bond acceptors (Lipinski definition) is 7. The monoisotopic (exact) mass is 508 g/mol. The second kappa shape index (κ2) is 11.2. The van der Waals surface area contributed by atoms with Gasteiger partial charge in [-0.15, -0.1) is 11.3 Å². The van der Waals surface area contributed by atoms with E-state index in [1.54, 1.807) is 17.4 Å². The quantitative estimate of drug-likeness (QED) is 0.265. The van der Waals surface area contributed by atoms with Crippen LogP contribution < -0.4 is 21.3 Å². The van der Waals surface area contributed by atoms with Crippen LogP contribution in [0, 0.1) is 5.82 Å². The molecule has 0 spiro atoms. The van der Waals surface area contributed by atoms with E-state index in [0.29, 0.717) is 23.4 Å². The largest absolute Gasteiger partial charge is 0.380 e. The summed E-state index contributed by atoms with van der Waals surface area (Å²) in [6.45, 7) is 3.52. The van der Waals surface area contributed by atoms with Gasteiger partial charge in [-0.2, -0.15) is 4.98 Å². The van der Waals surface area contributed by atoms with Crippen LogP contribution in [0.25, 0.3) is 10.2 Å². The fraction of sp³-hybridized carbons (Fsp3) is 0.444. The maximum atomic E-state index is 14.8. The van der Waals surface area contributed by atoms with E-state index in [0.717, 1.165) is 54.6 Å². The fourth-order valence-electron chi connectivity index (χ4n) is 5.16. The Bertz CT molecular complexity index is 1220. The summed E-state index contributed by atoms with van der Waals surface area (Å²) in [6.07, 6.45) is 10.8. The van der Waals surface area contributed by atoms with Gasteiger partial charge in [0.1, 0.15) is 11.6 Å². The highest BCUT2D eigenvalue weighted by atomic mass is 32.1. The first-order valence-electron chi connectivity index (χ1n) is 12.8. The predicted octanol–water partition coefficient (Wildman–Crippen LogP) is 6.34. The molecule has 2 aliphatic rings. The first kappa shape index (κ1) is 24.5. The van der Waals surface area contributed by atoms with Gasteiger partial charge in [0.15, 0.2) is 0 Å². The van der Waals surface area contributed by atoms with Crippen LogP contribution in [0.1, 0.15) is 57.8 Å². The van der Waals surface area contributed by atoms with Crippen LogP contribution in [0.4, 0.5) is 27.5 Å². The summed E-state index contributed by atoms with van der Waals surface area (Å²) in [5, 5.41) is 15.1. The van der Waals surface area contributed by atoms with Crippen molar-refractivity contribution in [3.63, 3.8) is 0 Å². The van der Waals surface area contributed by atoms with Crippen LogP contribution in [0.5, 0.6) is 0 Å². The first-order chi connectivity index (χ1) is 17.6. The van der Waals surface area contributed by atoms with Gasteiger partial charge in [0.25, 0.3) is 0 Å². The second-order valence-electron chi connectivity index (χ2n) is 9.74. The number of fused-ring (bicyclic) bond motifs is 1. The Kier molecular flexibility index (Phi) is 7.65. The van der Waals surface area contributed by atoms with Crippen LogP contribution in [-0.4, -0.2) is 34.0 Å². The molecule has 2 aliphatic carbocycles. The van der Waals surface area contributed by atoms with E-state index in [4.69, 9.17) is 4.98 Å². The third kappa shape index (κ3) is 5.95. The van der Waals surface area contributed by atoms with Crippen molar-refractivity contribution in [2.24, 2.45) is 0 Å². The van der Waals surface area contributed by atoms with E-state index in [1.807, 2.05) is 17.5 Å². The molecule has 5 rings (SSSR count). The number of aromatic nitrogens is 2. The molecule has 7 nitrogen and oxygen atoms in total. The highest BCUT2D eigenvalue weighted by molar-refractivity contribution is 7.17. The van der Waals surface area contributed by atoms with Gasteiger partial charge in [0.05, 0.1) is 15.9 Å². The number of carbonyl (C=O) groups excluding carboxylic acids is 1. The predicted molar refractivity (Wildman–Crippen MR) is 146 cm³/mol. The molecule has 1 aromatic carbocycles. The Morgan fingerprint density at radius 3 is 2.47 bits per heavy atom. The maximum Gasteiger partial charge on any atom is 0.243 e. The molecular formula is C27H33FN6OS. The molecule has 0 unspecified atom stereocenters. The molecule has 2 fully saturated rings. The normalized spacial score (nSPS) is 20.6. The highest BCUT2D eigenvalue weighted by Gasteiger charge is 2.23. The van der Waals surface area contributed by atoms with Crippen LogP contribution in [0.3, 0.4) is 0 Å². The molecule has 1 amide bonds. The number of halogens is 1. The zero-order valence-electron chi connectivity index (χ0n) is 20.4. The third-order valence-electron chi connectivity index (χ3n) is 7.09. The number of amides is 1. The number of carbonyl (C=O) groups is 1. The molecular weight excluding hydrogens is 475 g/mol. The smallest absolute Gasteiger partial charge is 0.243 e. The molecule has 0 radical (unpaired) electrons. The minimum atomic E-state index is -0.277. The summed E-state index contributed by atoms with van der Waals surface area (Å²) in [7, 11) is 0. The van der Waals surface area contributed by atoms with E-state index >= 15 is 0 Å². The van der Waals surface area contributed by atoms with E-state index in [9.17, 15) is 9.18 Å². The molecule has 36 heavy (non-hydrogen) atoms. The molecule has 9 heteroatoms. The van der Waals surface area contributed by atoms with Crippen molar-refractivity contribution in [3.8, 4) is 0 Å². The molecule has 0 bridgehead atoms. The minimum absolute atomic E-state index is 0.118. The Hall–Kier alpha value is -3.20. The van der Waals surface area contributed by atoms with E-state index in [-0.39, 0.29) is 23.8 Å².